The van der Waals surface area contributed by atoms with Crippen LogP contribution in [0.4, 0.5) is 0 Å². The first kappa shape index (κ1) is 18.9. The van der Waals surface area contributed by atoms with Gasteiger partial charge >= 0.3 is 0 Å². The molecule has 0 saturated heterocycles. The Balaban J connectivity index is 1.65. The molecule has 1 heterocycles. The van der Waals surface area contributed by atoms with Crippen molar-refractivity contribution >= 4 is 5.91 Å². The molecule has 0 aliphatic carbocycles. The van der Waals surface area contributed by atoms with Crippen LogP contribution in [-0.4, -0.2) is 42.8 Å². The Morgan fingerprint density at radius 1 is 1.04 bits per heavy atom. The zero-order valence-electron chi connectivity index (χ0n) is 15.5. The van der Waals surface area contributed by atoms with Crippen LogP contribution < -0.4 is 0 Å². The lowest BCUT2D eigenvalue weighted by Crippen LogP contribution is -2.34. The molecule has 2 aromatic carbocycles. The first-order valence-corrected chi connectivity index (χ1v) is 9.12. The van der Waals surface area contributed by atoms with Crippen molar-refractivity contribution in [3.8, 4) is 11.3 Å². The third kappa shape index (κ3) is 5.28. The highest BCUT2D eigenvalue weighted by Gasteiger charge is 2.20. The Hall–Kier alpha value is -2.92. The van der Waals surface area contributed by atoms with Gasteiger partial charge in [-0.3, -0.25) is 4.79 Å². The van der Waals surface area contributed by atoms with Crippen LogP contribution in [-0.2, 0) is 11.2 Å². The number of hydrogen-bond donors (Lipinski definition) is 0. The summed E-state index contributed by atoms with van der Waals surface area (Å²) >= 11 is 0. The van der Waals surface area contributed by atoms with E-state index in [1.807, 2.05) is 48.5 Å². The lowest BCUT2D eigenvalue weighted by molar-refractivity contribution is 0.0653. The second kappa shape index (κ2) is 9.69. The van der Waals surface area contributed by atoms with Crippen molar-refractivity contribution in [3.05, 3.63) is 78.1 Å². The summed E-state index contributed by atoms with van der Waals surface area (Å²) in [5.41, 5.74) is 2.85. The SMILES string of the molecule is COCCN(CCCc1ccccc1)C(=O)c1cc(-c2ccccc2)no1. The van der Waals surface area contributed by atoms with Crippen LogP contribution in [0.1, 0.15) is 22.5 Å². The minimum Gasteiger partial charge on any atom is -0.383 e. The van der Waals surface area contributed by atoms with Gasteiger partial charge in [0.1, 0.15) is 5.69 Å². The lowest BCUT2D eigenvalue weighted by Gasteiger charge is -2.21. The Morgan fingerprint density at radius 3 is 2.44 bits per heavy atom. The molecule has 5 nitrogen and oxygen atoms in total. The van der Waals surface area contributed by atoms with Gasteiger partial charge in [-0.05, 0) is 18.4 Å². The number of benzene rings is 2. The Bertz CT molecular complexity index is 831. The maximum absolute atomic E-state index is 12.9. The lowest BCUT2D eigenvalue weighted by atomic mass is 10.1. The van der Waals surface area contributed by atoms with Gasteiger partial charge in [-0.15, -0.1) is 0 Å². The molecule has 0 unspecified atom stereocenters. The summed E-state index contributed by atoms with van der Waals surface area (Å²) in [6.07, 6.45) is 1.79. The Labute approximate surface area is 159 Å². The highest BCUT2D eigenvalue weighted by atomic mass is 16.5. The summed E-state index contributed by atoms with van der Waals surface area (Å²) in [7, 11) is 1.63. The van der Waals surface area contributed by atoms with E-state index in [0.29, 0.717) is 25.4 Å². The van der Waals surface area contributed by atoms with Crippen molar-refractivity contribution in [2.45, 2.75) is 12.8 Å². The van der Waals surface area contributed by atoms with Gasteiger partial charge in [-0.25, -0.2) is 0 Å². The summed E-state index contributed by atoms with van der Waals surface area (Å²) in [6.45, 7) is 1.64. The van der Waals surface area contributed by atoms with Crippen molar-refractivity contribution in [3.63, 3.8) is 0 Å². The maximum Gasteiger partial charge on any atom is 0.292 e. The van der Waals surface area contributed by atoms with Crippen molar-refractivity contribution in [1.82, 2.24) is 10.1 Å². The molecule has 1 aromatic heterocycles. The predicted octanol–water partition coefficient (Wildman–Crippen LogP) is 4.06. The van der Waals surface area contributed by atoms with E-state index in [1.54, 1.807) is 18.1 Å². The van der Waals surface area contributed by atoms with Gasteiger partial charge in [0.25, 0.3) is 5.91 Å². The molecule has 0 bridgehead atoms. The van der Waals surface area contributed by atoms with Crippen LogP contribution >= 0.6 is 0 Å². The number of rotatable bonds is 9. The van der Waals surface area contributed by atoms with Crippen molar-refractivity contribution in [2.24, 2.45) is 0 Å². The molecule has 0 spiro atoms. The quantitative estimate of drug-likeness (QED) is 0.574. The van der Waals surface area contributed by atoms with Gasteiger partial charge in [-0.2, -0.15) is 0 Å². The molecule has 140 valence electrons. The fraction of sp³-hybridized carbons (Fsp3) is 0.273. The number of methoxy groups -OCH3 is 1. The first-order valence-electron chi connectivity index (χ1n) is 9.12. The highest BCUT2D eigenvalue weighted by Crippen LogP contribution is 2.19. The molecule has 3 aromatic rings. The Kier molecular flexibility index (Phi) is 6.77. The van der Waals surface area contributed by atoms with E-state index in [2.05, 4.69) is 17.3 Å². The standard InChI is InChI=1S/C22H24N2O3/c1-26-16-15-24(14-8-11-18-9-4-2-5-10-18)22(25)21-17-20(23-27-21)19-12-6-3-7-13-19/h2-7,9-10,12-13,17H,8,11,14-16H2,1H3. The topological polar surface area (TPSA) is 55.6 Å². The number of carbonyl (C=O) groups is 1. The van der Waals surface area contributed by atoms with Gasteiger partial charge in [0, 0.05) is 31.8 Å². The summed E-state index contributed by atoms with van der Waals surface area (Å²) in [6, 6.07) is 21.7. The third-order valence-corrected chi connectivity index (χ3v) is 4.38. The molecule has 0 aliphatic heterocycles. The van der Waals surface area contributed by atoms with Crippen molar-refractivity contribution < 1.29 is 14.1 Å². The minimum atomic E-state index is -0.158. The maximum atomic E-state index is 12.9. The van der Waals surface area contributed by atoms with Crippen LogP contribution in [0.2, 0.25) is 0 Å². The van der Waals surface area contributed by atoms with Crippen LogP contribution in [0.5, 0.6) is 0 Å². The molecular weight excluding hydrogens is 340 g/mol. The minimum absolute atomic E-state index is 0.158. The Morgan fingerprint density at radius 2 is 1.74 bits per heavy atom. The van der Waals surface area contributed by atoms with E-state index in [1.165, 1.54) is 5.56 Å². The number of hydrogen-bond acceptors (Lipinski definition) is 4. The fourth-order valence-electron chi connectivity index (χ4n) is 2.91. The summed E-state index contributed by atoms with van der Waals surface area (Å²) in [5.74, 6) is 0.0967. The number of ether oxygens (including phenoxy) is 1. The molecular formula is C22H24N2O3. The molecule has 0 radical (unpaired) electrons. The first-order chi connectivity index (χ1) is 13.3. The number of amides is 1. The van der Waals surface area contributed by atoms with Crippen molar-refractivity contribution in [2.75, 3.05) is 26.8 Å². The normalized spacial score (nSPS) is 10.7. The van der Waals surface area contributed by atoms with E-state index in [0.717, 1.165) is 18.4 Å². The molecule has 1 amide bonds. The van der Waals surface area contributed by atoms with E-state index in [4.69, 9.17) is 9.26 Å². The van der Waals surface area contributed by atoms with Crippen LogP contribution in [0.15, 0.2) is 71.3 Å². The molecule has 3 rings (SSSR count). The van der Waals surface area contributed by atoms with E-state index < -0.39 is 0 Å². The van der Waals surface area contributed by atoms with Gasteiger partial charge < -0.3 is 14.2 Å². The van der Waals surface area contributed by atoms with Crippen LogP contribution in [0.25, 0.3) is 11.3 Å². The second-order valence-electron chi connectivity index (χ2n) is 6.32. The average Bonchev–Trinajstić information content (AvgIpc) is 3.22. The van der Waals surface area contributed by atoms with Gasteiger partial charge in [0.2, 0.25) is 5.76 Å². The number of aromatic nitrogens is 1. The number of aryl methyl sites for hydroxylation is 1. The zero-order chi connectivity index (χ0) is 18.9. The van der Waals surface area contributed by atoms with E-state index in [9.17, 15) is 4.79 Å². The number of nitrogens with zero attached hydrogens (tertiary/aromatic N) is 2. The van der Waals surface area contributed by atoms with Gasteiger partial charge in [-0.1, -0.05) is 65.8 Å². The van der Waals surface area contributed by atoms with Crippen LogP contribution in [0, 0.1) is 0 Å². The monoisotopic (exact) mass is 364 g/mol. The second-order valence-corrected chi connectivity index (χ2v) is 6.32. The molecule has 0 aliphatic rings. The third-order valence-electron chi connectivity index (χ3n) is 4.38. The van der Waals surface area contributed by atoms with Crippen molar-refractivity contribution in [1.29, 1.82) is 0 Å². The van der Waals surface area contributed by atoms with E-state index >= 15 is 0 Å². The highest BCUT2D eigenvalue weighted by molar-refractivity contribution is 5.92. The fourth-order valence-corrected chi connectivity index (χ4v) is 2.91. The summed E-state index contributed by atoms with van der Waals surface area (Å²) < 4.78 is 10.5. The molecule has 0 saturated carbocycles. The predicted molar refractivity (Wildman–Crippen MR) is 104 cm³/mol. The largest absolute Gasteiger partial charge is 0.383 e. The van der Waals surface area contributed by atoms with E-state index in [-0.39, 0.29) is 11.7 Å². The average molecular weight is 364 g/mol. The van der Waals surface area contributed by atoms with Gasteiger partial charge in [0.15, 0.2) is 0 Å². The summed E-state index contributed by atoms with van der Waals surface area (Å²) in [4.78, 5) is 14.6. The molecule has 5 heteroatoms. The molecule has 0 fully saturated rings. The summed E-state index contributed by atoms with van der Waals surface area (Å²) in [5, 5.41) is 4.04. The molecule has 0 atom stereocenters. The molecule has 27 heavy (non-hydrogen) atoms. The van der Waals surface area contributed by atoms with Crippen LogP contribution in [0.3, 0.4) is 0 Å². The molecule has 0 N–H and O–H groups in total. The smallest absolute Gasteiger partial charge is 0.292 e. The zero-order valence-corrected chi connectivity index (χ0v) is 15.5. The van der Waals surface area contributed by atoms with Gasteiger partial charge in [0.05, 0.1) is 6.61 Å². The number of carbonyl (C=O) groups excluding carboxylic acids is 1.